The molecule has 2 heterocycles. The summed E-state index contributed by atoms with van der Waals surface area (Å²) < 4.78 is 0.851. The molecular formula is C16H16N2O4S2. The van der Waals surface area contributed by atoms with Crippen molar-refractivity contribution in [3.8, 4) is 0 Å². The van der Waals surface area contributed by atoms with Crippen molar-refractivity contribution < 1.29 is 19.5 Å². The number of nitrogens with zero attached hydrogens (tertiary/aromatic N) is 1. The van der Waals surface area contributed by atoms with Crippen LogP contribution in [0.3, 0.4) is 0 Å². The van der Waals surface area contributed by atoms with Gasteiger partial charge in [0.1, 0.15) is 10.9 Å². The fourth-order valence-electron chi connectivity index (χ4n) is 2.56. The van der Waals surface area contributed by atoms with Crippen molar-refractivity contribution in [2.45, 2.75) is 19.4 Å². The van der Waals surface area contributed by atoms with E-state index < -0.39 is 12.0 Å². The second kappa shape index (κ2) is 6.82. The highest BCUT2D eigenvalue weighted by atomic mass is 32.2. The molecule has 3 rings (SSSR count). The van der Waals surface area contributed by atoms with Gasteiger partial charge < -0.3 is 15.3 Å². The molecule has 2 N–H and O–H groups in total. The largest absolute Gasteiger partial charge is 0.477 e. The molecule has 2 aromatic rings. The Bertz CT molecular complexity index is 818. The fraction of sp³-hybridized carbons (Fsp3) is 0.312. The van der Waals surface area contributed by atoms with E-state index >= 15 is 0 Å². The number of carboxylic acid groups (broad SMARTS) is 1. The smallest absolute Gasteiger partial charge is 0.345 e. The number of hydrogen-bond acceptors (Lipinski definition) is 5. The summed E-state index contributed by atoms with van der Waals surface area (Å²) in [5, 5.41) is 12.7. The van der Waals surface area contributed by atoms with Gasteiger partial charge in [0, 0.05) is 22.6 Å². The van der Waals surface area contributed by atoms with Gasteiger partial charge in [0.15, 0.2) is 0 Å². The van der Waals surface area contributed by atoms with Crippen LogP contribution >= 0.6 is 23.1 Å². The molecule has 0 spiro atoms. The standard InChI is InChI=1S/C16H16N2O4S2/c1-2-14(19)18-8-23-7-11(18)15(20)17-10-3-4-12-9(5-10)6-13(24-12)16(21)22/h3-6,11H,2,7-8H2,1H3,(H,17,20)(H,21,22). The Morgan fingerprint density at radius 3 is 2.83 bits per heavy atom. The van der Waals surface area contributed by atoms with Crippen LogP contribution < -0.4 is 5.32 Å². The maximum absolute atomic E-state index is 12.5. The molecule has 2 amide bonds. The van der Waals surface area contributed by atoms with Crippen molar-refractivity contribution >= 4 is 56.7 Å². The number of nitrogens with one attached hydrogen (secondary N) is 1. The number of thioether (sulfide) groups is 1. The third-order valence-corrected chi connectivity index (χ3v) is 5.92. The van der Waals surface area contributed by atoms with E-state index in [0.717, 1.165) is 10.1 Å². The van der Waals surface area contributed by atoms with Crippen molar-refractivity contribution in [1.29, 1.82) is 0 Å². The van der Waals surface area contributed by atoms with Crippen LogP contribution in [0.1, 0.15) is 23.0 Å². The van der Waals surface area contributed by atoms with Gasteiger partial charge in [0.25, 0.3) is 0 Å². The molecular weight excluding hydrogens is 348 g/mol. The molecule has 1 atom stereocenters. The predicted octanol–water partition coefficient (Wildman–Crippen LogP) is 2.85. The van der Waals surface area contributed by atoms with Crippen LogP contribution in [-0.4, -0.2) is 45.5 Å². The SMILES string of the molecule is CCC(=O)N1CSCC1C(=O)Nc1ccc2sc(C(=O)O)cc2c1. The lowest BCUT2D eigenvalue weighted by Gasteiger charge is -2.22. The third-order valence-electron chi connectivity index (χ3n) is 3.80. The minimum Gasteiger partial charge on any atom is -0.477 e. The molecule has 1 aliphatic heterocycles. The minimum atomic E-state index is -0.960. The summed E-state index contributed by atoms with van der Waals surface area (Å²) in [6, 6.07) is 6.42. The van der Waals surface area contributed by atoms with E-state index in [1.807, 2.05) is 0 Å². The lowest BCUT2D eigenvalue weighted by atomic mass is 10.2. The van der Waals surface area contributed by atoms with Gasteiger partial charge in [-0.2, -0.15) is 0 Å². The molecule has 1 aromatic carbocycles. The van der Waals surface area contributed by atoms with E-state index in [4.69, 9.17) is 5.11 Å². The van der Waals surface area contributed by atoms with Gasteiger partial charge in [-0.1, -0.05) is 6.92 Å². The molecule has 1 saturated heterocycles. The number of hydrogen-bond donors (Lipinski definition) is 2. The number of anilines is 1. The van der Waals surface area contributed by atoms with Gasteiger partial charge in [-0.15, -0.1) is 23.1 Å². The first-order chi connectivity index (χ1) is 11.5. The average molecular weight is 364 g/mol. The number of carbonyl (C=O) groups is 3. The lowest BCUT2D eigenvalue weighted by molar-refractivity contribution is -0.135. The number of amides is 2. The van der Waals surface area contributed by atoms with E-state index in [0.29, 0.717) is 23.7 Å². The number of fused-ring (bicyclic) bond motifs is 1. The predicted molar refractivity (Wildman–Crippen MR) is 95.7 cm³/mol. The van der Waals surface area contributed by atoms with Crippen LogP contribution in [0, 0.1) is 0 Å². The van der Waals surface area contributed by atoms with Crippen LogP contribution in [0.4, 0.5) is 5.69 Å². The first-order valence-electron chi connectivity index (χ1n) is 7.44. The second-order valence-electron chi connectivity index (χ2n) is 5.39. The Morgan fingerprint density at radius 1 is 1.33 bits per heavy atom. The summed E-state index contributed by atoms with van der Waals surface area (Å²) in [5.41, 5.74) is 0.600. The molecule has 0 saturated carbocycles. The molecule has 1 fully saturated rings. The quantitative estimate of drug-likeness (QED) is 0.871. The van der Waals surface area contributed by atoms with Gasteiger partial charge in [-0.25, -0.2) is 4.79 Å². The number of carbonyl (C=O) groups excluding carboxylic acids is 2. The Balaban J connectivity index is 1.77. The summed E-state index contributed by atoms with van der Waals surface area (Å²) >= 11 is 2.76. The van der Waals surface area contributed by atoms with Gasteiger partial charge in [0.05, 0.1) is 5.88 Å². The molecule has 1 aromatic heterocycles. The third kappa shape index (κ3) is 3.25. The van der Waals surface area contributed by atoms with Crippen LogP contribution in [0.5, 0.6) is 0 Å². The van der Waals surface area contributed by atoms with Crippen molar-refractivity contribution in [3.05, 3.63) is 29.1 Å². The zero-order chi connectivity index (χ0) is 17.3. The molecule has 1 aliphatic rings. The Labute approximate surface area is 146 Å². The number of benzene rings is 1. The molecule has 1 unspecified atom stereocenters. The summed E-state index contributed by atoms with van der Waals surface area (Å²) in [6.45, 7) is 1.78. The molecule has 6 nitrogen and oxygen atoms in total. The summed E-state index contributed by atoms with van der Waals surface area (Å²) in [5.74, 6) is -0.0783. The van der Waals surface area contributed by atoms with Crippen molar-refractivity contribution in [2.24, 2.45) is 0 Å². The van der Waals surface area contributed by atoms with Crippen LogP contribution in [0.2, 0.25) is 0 Å². The number of carboxylic acids is 1. The van der Waals surface area contributed by atoms with E-state index in [2.05, 4.69) is 5.32 Å². The zero-order valence-corrected chi connectivity index (χ0v) is 14.6. The fourth-order valence-corrected chi connectivity index (χ4v) is 4.62. The van der Waals surface area contributed by atoms with Crippen molar-refractivity contribution in [3.63, 3.8) is 0 Å². The maximum Gasteiger partial charge on any atom is 0.345 e. The highest BCUT2D eigenvalue weighted by Crippen LogP contribution is 2.29. The van der Waals surface area contributed by atoms with E-state index in [1.54, 1.807) is 47.9 Å². The molecule has 24 heavy (non-hydrogen) atoms. The number of thiophene rings is 1. The Kier molecular flexibility index (Phi) is 4.77. The highest BCUT2D eigenvalue weighted by molar-refractivity contribution is 7.99. The molecule has 0 aliphatic carbocycles. The lowest BCUT2D eigenvalue weighted by Crippen LogP contribution is -2.44. The monoisotopic (exact) mass is 364 g/mol. The highest BCUT2D eigenvalue weighted by Gasteiger charge is 2.33. The summed E-state index contributed by atoms with van der Waals surface area (Å²) in [7, 11) is 0. The van der Waals surface area contributed by atoms with Crippen LogP contribution in [0.15, 0.2) is 24.3 Å². The van der Waals surface area contributed by atoms with Crippen molar-refractivity contribution in [2.75, 3.05) is 16.9 Å². The number of aromatic carboxylic acids is 1. The maximum atomic E-state index is 12.5. The molecule has 0 bridgehead atoms. The second-order valence-corrected chi connectivity index (χ2v) is 7.47. The number of rotatable bonds is 4. The van der Waals surface area contributed by atoms with Gasteiger partial charge in [-0.3, -0.25) is 9.59 Å². The van der Waals surface area contributed by atoms with Gasteiger partial charge in [-0.05, 0) is 29.7 Å². The summed E-state index contributed by atoms with van der Waals surface area (Å²) in [4.78, 5) is 37.3. The Morgan fingerprint density at radius 2 is 2.12 bits per heavy atom. The van der Waals surface area contributed by atoms with Gasteiger partial charge >= 0.3 is 5.97 Å². The molecule has 0 radical (unpaired) electrons. The summed E-state index contributed by atoms with van der Waals surface area (Å²) in [6.07, 6.45) is 0.378. The van der Waals surface area contributed by atoms with E-state index in [9.17, 15) is 14.4 Å². The normalized spacial score (nSPS) is 17.2. The van der Waals surface area contributed by atoms with E-state index in [-0.39, 0.29) is 16.7 Å². The van der Waals surface area contributed by atoms with Crippen LogP contribution in [0.25, 0.3) is 10.1 Å². The molecule has 8 heteroatoms. The topological polar surface area (TPSA) is 86.7 Å². The molecule has 126 valence electrons. The van der Waals surface area contributed by atoms with E-state index in [1.165, 1.54) is 11.3 Å². The zero-order valence-electron chi connectivity index (χ0n) is 12.9. The first kappa shape index (κ1) is 16.8. The average Bonchev–Trinajstić information content (AvgIpc) is 3.20. The van der Waals surface area contributed by atoms with Crippen LogP contribution in [-0.2, 0) is 9.59 Å². The Hall–Kier alpha value is -2.06. The minimum absolute atomic E-state index is 0.0282. The first-order valence-corrected chi connectivity index (χ1v) is 9.41. The van der Waals surface area contributed by atoms with Gasteiger partial charge in [0.2, 0.25) is 11.8 Å². The van der Waals surface area contributed by atoms with Crippen molar-refractivity contribution in [1.82, 2.24) is 4.90 Å².